The van der Waals surface area contributed by atoms with E-state index in [1.807, 2.05) is 0 Å². The molecule has 5 aliphatic rings. The van der Waals surface area contributed by atoms with Crippen molar-refractivity contribution in [3.05, 3.63) is 24.3 Å². The van der Waals surface area contributed by atoms with Gasteiger partial charge in [-0.2, -0.15) is 4.89 Å². The molecule has 4 fully saturated rings. The molecule has 1 aliphatic heterocycles. The molecule has 1 saturated heterocycles. The molecular weight excluding hydrogens is 384 g/mol. The predicted octanol–water partition coefficient (Wildman–Crippen LogP) is 6.53. The molecular formula is C28H44O3. The number of fused-ring (bicyclic) bond motifs is 6. The number of hydrogen-bond acceptors (Lipinski definition) is 3. The minimum absolute atomic E-state index is 0.140. The van der Waals surface area contributed by atoms with Crippen LogP contribution in [0.25, 0.3) is 0 Å². The summed E-state index contributed by atoms with van der Waals surface area (Å²) >= 11 is 0. The van der Waals surface area contributed by atoms with Crippen LogP contribution < -0.4 is 0 Å². The van der Waals surface area contributed by atoms with E-state index in [0.717, 1.165) is 18.3 Å². The smallest absolute Gasteiger partial charge is 0.229 e. The molecule has 1 heterocycles. The van der Waals surface area contributed by atoms with Gasteiger partial charge < -0.3 is 5.11 Å². The molecule has 11 atom stereocenters. The molecule has 174 valence electrons. The fourth-order valence-corrected chi connectivity index (χ4v) is 8.51. The van der Waals surface area contributed by atoms with Crippen molar-refractivity contribution in [2.75, 3.05) is 0 Å². The maximum absolute atomic E-state index is 10.7. The van der Waals surface area contributed by atoms with Gasteiger partial charge in [0.2, 0.25) is 5.79 Å². The van der Waals surface area contributed by atoms with Gasteiger partial charge in [-0.15, -0.1) is 0 Å². The Hall–Kier alpha value is -0.640. The van der Waals surface area contributed by atoms with Crippen molar-refractivity contribution in [2.24, 2.45) is 58.2 Å². The molecule has 0 aromatic carbocycles. The quantitative estimate of drug-likeness (QED) is 0.408. The Bertz CT molecular complexity index is 757. The Kier molecular flexibility index (Phi) is 5.32. The van der Waals surface area contributed by atoms with Crippen LogP contribution in [0.1, 0.15) is 80.1 Å². The molecule has 0 bridgehead atoms. The van der Waals surface area contributed by atoms with Crippen LogP contribution in [0.15, 0.2) is 24.3 Å². The Morgan fingerprint density at radius 1 is 0.935 bits per heavy atom. The highest BCUT2D eigenvalue weighted by atomic mass is 17.3. The lowest BCUT2D eigenvalue weighted by molar-refractivity contribution is -0.580. The highest BCUT2D eigenvalue weighted by Crippen LogP contribution is 2.68. The predicted molar refractivity (Wildman–Crippen MR) is 124 cm³/mol. The summed E-state index contributed by atoms with van der Waals surface area (Å²) in [5.74, 6) is 4.37. The third-order valence-electron chi connectivity index (χ3n) is 11.0. The van der Waals surface area contributed by atoms with Crippen molar-refractivity contribution in [3.63, 3.8) is 0 Å². The van der Waals surface area contributed by atoms with Crippen LogP contribution >= 0.6 is 0 Å². The van der Waals surface area contributed by atoms with Gasteiger partial charge in [0.15, 0.2) is 6.10 Å². The van der Waals surface area contributed by atoms with Crippen LogP contribution in [0.4, 0.5) is 0 Å². The monoisotopic (exact) mass is 428 g/mol. The first-order valence-electron chi connectivity index (χ1n) is 13.0. The average molecular weight is 429 g/mol. The minimum Gasteiger partial charge on any atom is -0.361 e. The molecule has 0 spiro atoms. The topological polar surface area (TPSA) is 38.7 Å². The minimum atomic E-state index is -1.04. The summed E-state index contributed by atoms with van der Waals surface area (Å²) in [5, 5.41) is 10.7. The first-order chi connectivity index (χ1) is 14.6. The lowest BCUT2D eigenvalue weighted by Gasteiger charge is -2.62. The Morgan fingerprint density at radius 3 is 2.35 bits per heavy atom. The Morgan fingerprint density at radius 2 is 1.68 bits per heavy atom. The van der Waals surface area contributed by atoms with E-state index in [1.165, 1.54) is 25.7 Å². The number of allylic oxidation sites excluding steroid dienone is 4. The van der Waals surface area contributed by atoms with Crippen molar-refractivity contribution in [3.8, 4) is 0 Å². The maximum Gasteiger partial charge on any atom is 0.229 e. The lowest BCUT2D eigenvalue weighted by Crippen LogP contribution is -2.66. The molecule has 0 radical (unpaired) electrons. The zero-order valence-electron chi connectivity index (χ0n) is 20.5. The summed E-state index contributed by atoms with van der Waals surface area (Å²) in [6.45, 7) is 14.6. The van der Waals surface area contributed by atoms with E-state index in [-0.39, 0.29) is 11.5 Å². The van der Waals surface area contributed by atoms with Crippen molar-refractivity contribution < 1.29 is 14.9 Å². The van der Waals surface area contributed by atoms with Gasteiger partial charge in [0.1, 0.15) is 0 Å². The molecule has 4 aliphatic carbocycles. The highest BCUT2D eigenvalue weighted by molar-refractivity contribution is 5.20. The second kappa shape index (κ2) is 7.43. The fourth-order valence-electron chi connectivity index (χ4n) is 8.51. The van der Waals surface area contributed by atoms with E-state index in [1.54, 1.807) is 0 Å². The van der Waals surface area contributed by atoms with Crippen molar-refractivity contribution in [1.29, 1.82) is 0 Å². The molecule has 3 heteroatoms. The third-order valence-corrected chi connectivity index (χ3v) is 11.0. The average Bonchev–Trinajstić information content (AvgIpc) is 3.07. The molecule has 0 aromatic rings. The van der Waals surface area contributed by atoms with Crippen LogP contribution in [0.3, 0.4) is 0 Å². The van der Waals surface area contributed by atoms with Crippen LogP contribution in [0.5, 0.6) is 0 Å². The van der Waals surface area contributed by atoms with Crippen molar-refractivity contribution in [1.82, 2.24) is 0 Å². The van der Waals surface area contributed by atoms with E-state index in [0.29, 0.717) is 47.3 Å². The number of rotatable bonds is 4. The largest absolute Gasteiger partial charge is 0.361 e. The first-order valence-corrected chi connectivity index (χ1v) is 13.0. The molecule has 3 saturated carbocycles. The van der Waals surface area contributed by atoms with Gasteiger partial charge in [0.05, 0.1) is 0 Å². The summed E-state index contributed by atoms with van der Waals surface area (Å²) in [7, 11) is 0. The van der Waals surface area contributed by atoms with Crippen LogP contribution in [0.2, 0.25) is 0 Å². The van der Waals surface area contributed by atoms with E-state index >= 15 is 0 Å². The van der Waals surface area contributed by atoms with Gasteiger partial charge >= 0.3 is 0 Å². The van der Waals surface area contributed by atoms with E-state index in [2.05, 4.69) is 65.8 Å². The van der Waals surface area contributed by atoms with Gasteiger partial charge in [0.25, 0.3) is 0 Å². The Labute approximate surface area is 189 Å². The standard InChI is InChI=1S/C28H44O3/c1-17(2)18(3)7-8-19(4)22-11-12-23-21-10-9-20-15-28(29)25(30-31-28)16-27(20,6)24(21)13-14-26(22,23)5/h7-10,17-25,29H,11-16H2,1-6H3/t18-,19+,20?,21+,22+,23-,24-,25?,26+,27-,28-/m0/s1. The molecule has 5 rings (SSSR count). The summed E-state index contributed by atoms with van der Waals surface area (Å²) in [6.07, 6.45) is 16.9. The fraction of sp³-hybridized carbons (Fsp3) is 0.857. The second-order valence-corrected chi connectivity index (χ2v) is 12.8. The van der Waals surface area contributed by atoms with Crippen LogP contribution in [0, 0.1) is 58.2 Å². The van der Waals surface area contributed by atoms with Crippen LogP contribution in [-0.4, -0.2) is 17.0 Å². The number of aliphatic hydroxyl groups is 1. The lowest BCUT2D eigenvalue weighted by atomic mass is 9.45. The SMILES string of the molecule is CC(C)[C@@H](C)C=C[C@@H](C)[C@H]1CC[C@H]2[C@H]3C=CC4C[C@]5(O)OOC5C[C@]4(C)[C@H]3CC[C@]12C. The molecule has 0 amide bonds. The van der Waals surface area contributed by atoms with Crippen LogP contribution in [-0.2, 0) is 9.78 Å². The van der Waals surface area contributed by atoms with E-state index in [4.69, 9.17) is 9.78 Å². The van der Waals surface area contributed by atoms with Gasteiger partial charge in [0, 0.05) is 6.42 Å². The molecule has 2 unspecified atom stereocenters. The zero-order valence-corrected chi connectivity index (χ0v) is 20.5. The first kappa shape index (κ1) is 22.2. The van der Waals surface area contributed by atoms with Gasteiger partial charge in [-0.25, -0.2) is 4.89 Å². The normalized spacial score (nSPS) is 52.8. The summed E-state index contributed by atoms with van der Waals surface area (Å²) in [6, 6.07) is 0. The molecule has 1 N–H and O–H groups in total. The highest BCUT2D eigenvalue weighted by Gasteiger charge is 2.65. The summed E-state index contributed by atoms with van der Waals surface area (Å²) in [5.41, 5.74) is 0.669. The second-order valence-electron chi connectivity index (χ2n) is 12.8. The maximum atomic E-state index is 10.7. The third kappa shape index (κ3) is 3.24. The van der Waals surface area contributed by atoms with Gasteiger partial charge in [-0.3, -0.25) is 0 Å². The number of hydrogen-bond donors (Lipinski definition) is 1. The van der Waals surface area contributed by atoms with Crippen molar-refractivity contribution >= 4 is 0 Å². The van der Waals surface area contributed by atoms with Gasteiger partial charge in [-0.1, -0.05) is 65.8 Å². The van der Waals surface area contributed by atoms with Gasteiger partial charge in [-0.05, 0) is 90.3 Å². The van der Waals surface area contributed by atoms with E-state index in [9.17, 15) is 5.11 Å². The van der Waals surface area contributed by atoms with E-state index < -0.39 is 5.79 Å². The molecule has 3 nitrogen and oxygen atoms in total. The van der Waals surface area contributed by atoms with Crippen molar-refractivity contribution in [2.45, 2.75) is 92.0 Å². The molecule has 0 aromatic heterocycles. The summed E-state index contributed by atoms with van der Waals surface area (Å²) in [4.78, 5) is 10.5. The molecule has 31 heavy (non-hydrogen) atoms. The zero-order chi connectivity index (χ0) is 22.2. The summed E-state index contributed by atoms with van der Waals surface area (Å²) < 4.78 is 0. The Balaban J connectivity index is 1.36.